The highest BCUT2D eigenvalue weighted by molar-refractivity contribution is 9.11. The van der Waals surface area contributed by atoms with Crippen LogP contribution in [0.1, 0.15) is 28.4 Å². The number of amides is 1. The molecule has 1 saturated heterocycles. The number of halogens is 3. The maximum Gasteiger partial charge on any atom is 0.335 e. The van der Waals surface area contributed by atoms with Crippen molar-refractivity contribution in [2.24, 2.45) is 4.99 Å². The summed E-state index contributed by atoms with van der Waals surface area (Å²) in [4.78, 5) is 30.9. The van der Waals surface area contributed by atoms with Gasteiger partial charge in [-0.05, 0) is 110 Å². The normalized spacial score (nSPS) is 15.7. The van der Waals surface area contributed by atoms with Gasteiger partial charge in [-0.3, -0.25) is 9.69 Å². The first-order valence-electron chi connectivity index (χ1n) is 10.7. The molecule has 0 spiro atoms. The Kier molecular flexibility index (Phi) is 8.56. The number of nitrogens with zero attached hydrogens (tertiary/aromatic N) is 2. The van der Waals surface area contributed by atoms with Gasteiger partial charge in [-0.15, -0.1) is 0 Å². The first-order valence-corrected chi connectivity index (χ1v) is 13.5. The third kappa shape index (κ3) is 6.21. The second-order valence-corrected chi connectivity index (χ2v) is 10.8. The van der Waals surface area contributed by atoms with Gasteiger partial charge < -0.3 is 9.84 Å². The molecule has 1 N–H and O–H groups in total. The van der Waals surface area contributed by atoms with Crippen molar-refractivity contribution in [2.45, 2.75) is 13.5 Å². The molecule has 3 aromatic carbocycles. The molecule has 1 aliphatic heterocycles. The number of rotatable bonds is 7. The molecule has 1 heterocycles. The molecule has 36 heavy (non-hydrogen) atoms. The van der Waals surface area contributed by atoms with Crippen LogP contribution in [0, 0.1) is 0 Å². The van der Waals surface area contributed by atoms with Gasteiger partial charge in [0.25, 0.3) is 5.91 Å². The lowest BCUT2D eigenvalue weighted by Gasteiger charge is -2.12. The number of ether oxygens (including phenoxy) is 1. The van der Waals surface area contributed by atoms with E-state index in [1.165, 1.54) is 23.9 Å². The van der Waals surface area contributed by atoms with Crippen molar-refractivity contribution >= 4 is 84.0 Å². The van der Waals surface area contributed by atoms with Crippen molar-refractivity contribution in [3.05, 3.63) is 96.2 Å². The fraction of sp³-hybridized carbons (Fsp3) is 0.115. The molecule has 0 aromatic heterocycles. The summed E-state index contributed by atoms with van der Waals surface area (Å²) in [6.45, 7) is 2.67. The van der Waals surface area contributed by atoms with Crippen LogP contribution in [-0.2, 0) is 11.4 Å². The lowest BCUT2D eigenvalue weighted by molar-refractivity contribution is -0.122. The molecule has 184 valence electrons. The number of hydrogen-bond acceptors (Lipinski definition) is 5. The molecule has 1 amide bonds. The maximum absolute atomic E-state index is 13.0. The van der Waals surface area contributed by atoms with Gasteiger partial charge in [0.2, 0.25) is 0 Å². The van der Waals surface area contributed by atoms with Crippen LogP contribution in [0.2, 0.25) is 5.02 Å². The average molecular weight is 651 g/mol. The third-order valence-electron chi connectivity index (χ3n) is 5.14. The maximum atomic E-state index is 13.0. The fourth-order valence-corrected chi connectivity index (χ4v) is 6.02. The second kappa shape index (κ2) is 11.6. The minimum Gasteiger partial charge on any atom is -0.487 e. The Morgan fingerprint density at radius 1 is 1.14 bits per heavy atom. The molecule has 0 unspecified atom stereocenters. The Morgan fingerprint density at radius 2 is 1.83 bits per heavy atom. The Bertz CT molecular complexity index is 1370. The molecule has 0 atom stereocenters. The van der Waals surface area contributed by atoms with Crippen molar-refractivity contribution in [1.29, 1.82) is 0 Å². The van der Waals surface area contributed by atoms with E-state index in [1.807, 2.05) is 43.3 Å². The zero-order valence-electron chi connectivity index (χ0n) is 18.9. The van der Waals surface area contributed by atoms with E-state index in [0.29, 0.717) is 39.7 Å². The lowest BCUT2D eigenvalue weighted by Crippen LogP contribution is -2.28. The van der Waals surface area contributed by atoms with Crippen LogP contribution in [0.3, 0.4) is 0 Å². The Hall–Kier alpha value is -2.59. The van der Waals surface area contributed by atoms with Gasteiger partial charge in [-0.25, -0.2) is 9.79 Å². The van der Waals surface area contributed by atoms with E-state index in [1.54, 1.807) is 23.1 Å². The number of carboxylic acid groups (broad SMARTS) is 1. The van der Waals surface area contributed by atoms with E-state index in [4.69, 9.17) is 16.3 Å². The minimum atomic E-state index is -1.03. The van der Waals surface area contributed by atoms with E-state index < -0.39 is 5.97 Å². The van der Waals surface area contributed by atoms with E-state index >= 15 is 0 Å². The summed E-state index contributed by atoms with van der Waals surface area (Å²) < 4.78 is 7.46. The predicted molar refractivity (Wildman–Crippen MR) is 151 cm³/mol. The van der Waals surface area contributed by atoms with Crippen LogP contribution < -0.4 is 4.74 Å². The minimum absolute atomic E-state index is 0.137. The number of carbonyl (C=O) groups excluding carboxylic acids is 1. The largest absolute Gasteiger partial charge is 0.487 e. The first-order chi connectivity index (χ1) is 17.2. The molecule has 0 aliphatic carbocycles. The van der Waals surface area contributed by atoms with Crippen LogP contribution in [0.4, 0.5) is 5.69 Å². The highest BCUT2D eigenvalue weighted by Crippen LogP contribution is 2.38. The highest BCUT2D eigenvalue weighted by Gasteiger charge is 2.32. The van der Waals surface area contributed by atoms with E-state index in [2.05, 4.69) is 36.9 Å². The van der Waals surface area contributed by atoms with Crippen LogP contribution >= 0.6 is 55.2 Å². The van der Waals surface area contributed by atoms with E-state index in [9.17, 15) is 14.7 Å². The standard InChI is InChI=1S/C26H19Br2ClN2O4S/c1-2-31-24(32)22(36-26(31)30-19-5-3-4-17(13-19)25(33)34)12-16-10-20(27)23(21(28)11-16)35-14-15-6-8-18(29)9-7-15/h3-13H,2,14H2,1H3,(H,33,34)/b22-12-,30-26?. The summed E-state index contributed by atoms with van der Waals surface area (Å²) in [6, 6.07) is 17.5. The van der Waals surface area contributed by atoms with Gasteiger partial charge in [0, 0.05) is 11.6 Å². The summed E-state index contributed by atoms with van der Waals surface area (Å²) in [5.41, 5.74) is 2.39. The summed E-state index contributed by atoms with van der Waals surface area (Å²) in [7, 11) is 0. The molecule has 0 radical (unpaired) electrons. The van der Waals surface area contributed by atoms with Crippen LogP contribution in [-0.4, -0.2) is 33.6 Å². The van der Waals surface area contributed by atoms with Crippen LogP contribution in [0.25, 0.3) is 6.08 Å². The van der Waals surface area contributed by atoms with Gasteiger partial charge in [-0.2, -0.15) is 0 Å². The molecular weight excluding hydrogens is 632 g/mol. The molecule has 6 nitrogen and oxygen atoms in total. The number of amidine groups is 1. The Balaban J connectivity index is 1.56. The van der Waals surface area contributed by atoms with Crippen molar-refractivity contribution in [1.82, 2.24) is 4.90 Å². The summed E-state index contributed by atoms with van der Waals surface area (Å²) in [6.07, 6.45) is 1.80. The second-order valence-electron chi connectivity index (χ2n) is 7.64. The van der Waals surface area contributed by atoms with Crippen molar-refractivity contribution < 1.29 is 19.4 Å². The van der Waals surface area contributed by atoms with Gasteiger partial charge in [0.1, 0.15) is 12.4 Å². The molecule has 4 rings (SSSR count). The molecule has 1 aliphatic rings. The van der Waals surface area contributed by atoms with Gasteiger partial charge in [0.05, 0.1) is 25.1 Å². The number of likely N-dealkylation sites (N-methyl/N-ethyl adjacent to an activating group) is 1. The van der Waals surface area contributed by atoms with Crippen LogP contribution in [0.15, 0.2) is 79.5 Å². The number of hydrogen-bond donors (Lipinski definition) is 1. The first kappa shape index (κ1) is 26.5. The summed E-state index contributed by atoms with van der Waals surface area (Å²) in [5, 5.41) is 10.4. The summed E-state index contributed by atoms with van der Waals surface area (Å²) in [5.74, 6) is -0.545. The van der Waals surface area contributed by atoms with E-state index in [-0.39, 0.29) is 11.5 Å². The smallest absolute Gasteiger partial charge is 0.335 e. The van der Waals surface area contributed by atoms with Crippen molar-refractivity contribution in [3.8, 4) is 5.75 Å². The molecular formula is C26H19Br2ClN2O4S. The number of benzene rings is 3. The SMILES string of the molecule is CCN1C(=O)/C(=C/c2cc(Br)c(OCc3ccc(Cl)cc3)c(Br)c2)SC1=Nc1cccc(C(=O)O)c1. The zero-order valence-corrected chi connectivity index (χ0v) is 23.6. The number of aromatic carboxylic acids is 1. The quantitative estimate of drug-likeness (QED) is 0.265. The van der Waals surface area contributed by atoms with E-state index in [0.717, 1.165) is 20.1 Å². The highest BCUT2D eigenvalue weighted by atomic mass is 79.9. The molecule has 0 bridgehead atoms. The number of carbonyl (C=O) groups is 2. The predicted octanol–water partition coefficient (Wildman–Crippen LogP) is 7.77. The van der Waals surface area contributed by atoms with Gasteiger partial charge in [0.15, 0.2) is 5.17 Å². The Labute approximate surface area is 234 Å². The number of thioether (sulfide) groups is 1. The topological polar surface area (TPSA) is 79.2 Å². The van der Waals surface area contributed by atoms with Crippen molar-refractivity contribution in [3.63, 3.8) is 0 Å². The number of carboxylic acids is 1. The molecule has 3 aromatic rings. The summed E-state index contributed by atoms with van der Waals surface area (Å²) >= 11 is 14.3. The Morgan fingerprint density at radius 3 is 2.47 bits per heavy atom. The molecule has 1 fully saturated rings. The fourth-order valence-electron chi connectivity index (χ4n) is 3.38. The molecule has 0 saturated carbocycles. The van der Waals surface area contributed by atoms with Crippen molar-refractivity contribution in [2.75, 3.05) is 6.54 Å². The average Bonchev–Trinajstić information content (AvgIpc) is 3.13. The van der Waals surface area contributed by atoms with Crippen LogP contribution in [0.5, 0.6) is 5.75 Å². The number of aliphatic imine (C=N–C) groups is 1. The third-order valence-corrected chi connectivity index (χ3v) is 7.57. The van der Waals surface area contributed by atoms with Gasteiger partial charge in [-0.1, -0.05) is 29.8 Å². The zero-order chi connectivity index (χ0) is 25.8. The molecule has 10 heteroatoms. The van der Waals surface area contributed by atoms with Gasteiger partial charge >= 0.3 is 5.97 Å². The lowest BCUT2D eigenvalue weighted by atomic mass is 10.2. The monoisotopic (exact) mass is 648 g/mol.